The standard InChI is InChI=1S/C17H20BrNO5S/c1-4-23-14-9-7-13(11-16(14)22-3)19-25(20,21)17-10-12(18)6-8-15(17)24-5-2/h6-11,19H,4-5H2,1-3H3. The van der Waals surface area contributed by atoms with E-state index in [0.717, 1.165) is 0 Å². The van der Waals surface area contributed by atoms with Gasteiger partial charge in [0.1, 0.15) is 10.6 Å². The summed E-state index contributed by atoms with van der Waals surface area (Å²) in [6.07, 6.45) is 0. The van der Waals surface area contributed by atoms with Gasteiger partial charge < -0.3 is 14.2 Å². The Kier molecular flexibility index (Phi) is 6.55. The summed E-state index contributed by atoms with van der Waals surface area (Å²) >= 11 is 3.29. The highest BCUT2D eigenvalue weighted by atomic mass is 79.9. The molecule has 0 bridgehead atoms. The molecule has 0 heterocycles. The van der Waals surface area contributed by atoms with Crippen molar-refractivity contribution in [3.05, 3.63) is 40.9 Å². The Morgan fingerprint density at radius 1 is 0.960 bits per heavy atom. The Morgan fingerprint density at radius 3 is 2.24 bits per heavy atom. The molecule has 0 unspecified atom stereocenters. The quantitative estimate of drug-likeness (QED) is 0.684. The molecule has 1 N–H and O–H groups in total. The second-order valence-electron chi connectivity index (χ2n) is 4.93. The van der Waals surface area contributed by atoms with Crippen molar-refractivity contribution in [3.63, 3.8) is 0 Å². The molecule has 0 fully saturated rings. The molecule has 0 aliphatic heterocycles. The van der Waals surface area contributed by atoms with Crippen LogP contribution in [0.2, 0.25) is 0 Å². The number of nitrogens with one attached hydrogen (secondary N) is 1. The average Bonchev–Trinajstić information content (AvgIpc) is 2.58. The monoisotopic (exact) mass is 429 g/mol. The van der Waals surface area contributed by atoms with Gasteiger partial charge in [-0.1, -0.05) is 15.9 Å². The molecule has 8 heteroatoms. The van der Waals surface area contributed by atoms with Gasteiger partial charge in [0.2, 0.25) is 0 Å². The van der Waals surface area contributed by atoms with E-state index in [9.17, 15) is 8.42 Å². The smallest absolute Gasteiger partial charge is 0.265 e. The van der Waals surface area contributed by atoms with E-state index in [2.05, 4.69) is 20.7 Å². The van der Waals surface area contributed by atoms with Crippen LogP contribution < -0.4 is 18.9 Å². The molecular weight excluding hydrogens is 410 g/mol. The van der Waals surface area contributed by atoms with Gasteiger partial charge in [0.05, 0.1) is 26.0 Å². The number of anilines is 1. The Balaban J connectivity index is 2.37. The maximum Gasteiger partial charge on any atom is 0.265 e. The Hall–Kier alpha value is -1.93. The van der Waals surface area contributed by atoms with Crippen molar-refractivity contribution >= 4 is 31.6 Å². The van der Waals surface area contributed by atoms with Crippen molar-refractivity contribution in [2.75, 3.05) is 25.0 Å². The molecule has 0 radical (unpaired) electrons. The summed E-state index contributed by atoms with van der Waals surface area (Å²) < 4.78 is 44.8. The van der Waals surface area contributed by atoms with Gasteiger partial charge in [-0.2, -0.15) is 0 Å². The number of hydrogen-bond donors (Lipinski definition) is 1. The number of rotatable bonds is 8. The average molecular weight is 430 g/mol. The van der Waals surface area contributed by atoms with E-state index in [-0.39, 0.29) is 10.6 Å². The van der Waals surface area contributed by atoms with Crippen molar-refractivity contribution in [1.29, 1.82) is 0 Å². The molecule has 0 spiro atoms. The topological polar surface area (TPSA) is 73.9 Å². The first-order chi connectivity index (χ1) is 11.9. The van der Waals surface area contributed by atoms with Gasteiger partial charge >= 0.3 is 0 Å². The van der Waals surface area contributed by atoms with Crippen molar-refractivity contribution in [2.24, 2.45) is 0 Å². The largest absolute Gasteiger partial charge is 0.493 e. The zero-order valence-electron chi connectivity index (χ0n) is 14.2. The molecule has 0 amide bonds. The summed E-state index contributed by atoms with van der Waals surface area (Å²) in [5.74, 6) is 1.28. The van der Waals surface area contributed by atoms with Gasteiger partial charge in [-0.25, -0.2) is 8.42 Å². The fourth-order valence-corrected chi connectivity index (χ4v) is 3.92. The van der Waals surface area contributed by atoms with Gasteiger partial charge in [0.15, 0.2) is 11.5 Å². The van der Waals surface area contributed by atoms with Crippen LogP contribution in [0.25, 0.3) is 0 Å². The summed E-state index contributed by atoms with van der Waals surface area (Å²) in [4.78, 5) is 0.0524. The van der Waals surface area contributed by atoms with E-state index in [1.807, 2.05) is 6.92 Å². The van der Waals surface area contributed by atoms with Gasteiger partial charge in [-0.3, -0.25) is 4.72 Å². The molecule has 136 valence electrons. The van der Waals surface area contributed by atoms with Crippen LogP contribution in [0.5, 0.6) is 17.2 Å². The maximum absolute atomic E-state index is 12.8. The lowest BCUT2D eigenvalue weighted by atomic mass is 10.3. The molecule has 25 heavy (non-hydrogen) atoms. The number of sulfonamides is 1. The summed E-state index contributed by atoms with van der Waals surface area (Å²) in [5.41, 5.74) is 0.364. The summed E-state index contributed by atoms with van der Waals surface area (Å²) in [6.45, 7) is 4.50. The molecule has 0 saturated heterocycles. The lowest BCUT2D eigenvalue weighted by molar-refractivity contribution is 0.311. The number of hydrogen-bond acceptors (Lipinski definition) is 5. The first-order valence-electron chi connectivity index (χ1n) is 7.67. The van der Waals surface area contributed by atoms with Crippen LogP contribution in [-0.2, 0) is 10.0 Å². The molecule has 2 aromatic carbocycles. The predicted octanol–water partition coefficient (Wildman–Crippen LogP) is 4.06. The fourth-order valence-electron chi connectivity index (χ4n) is 2.18. The van der Waals surface area contributed by atoms with Crippen LogP contribution >= 0.6 is 15.9 Å². The second-order valence-corrected chi connectivity index (χ2v) is 7.49. The predicted molar refractivity (Wildman–Crippen MR) is 100 cm³/mol. The zero-order valence-corrected chi connectivity index (χ0v) is 16.6. The van der Waals surface area contributed by atoms with E-state index in [1.165, 1.54) is 13.2 Å². The minimum absolute atomic E-state index is 0.0524. The number of benzene rings is 2. The van der Waals surface area contributed by atoms with Crippen LogP contribution in [0.1, 0.15) is 13.8 Å². The van der Waals surface area contributed by atoms with Crippen LogP contribution in [0.4, 0.5) is 5.69 Å². The van der Waals surface area contributed by atoms with Gasteiger partial charge in [-0.15, -0.1) is 0 Å². The third-order valence-corrected chi connectivity index (χ3v) is 5.11. The Bertz CT molecular complexity index is 839. The van der Waals surface area contributed by atoms with E-state index >= 15 is 0 Å². The van der Waals surface area contributed by atoms with Crippen molar-refractivity contribution in [1.82, 2.24) is 0 Å². The normalized spacial score (nSPS) is 11.0. The highest BCUT2D eigenvalue weighted by Gasteiger charge is 2.21. The molecule has 0 aliphatic carbocycles. The Labute approximate surface area is 156 Å². The van der Waals surface area contributed by atoms with Crippen molar-refractivity contribution in [2.45, 2.75) is 18.7 Å². The summed E-state index contributed by atoms with van der Waals surface area (Å²) in [5, 5.41) is 0. The molecular formula is C17H20BrNO5S. The van der Waals surface area contributed by atoms with E-state index in [0.29, 0.717) is 34.9 Å². The fraction of sp³-hybridized carbons (Fsp3) is 0.294. The molecule has 6 nitrogen and oxygen atoms in total. The third-order valence-electron chi connectivity index (χ3n) is 3.21. The molecule has 0 atom stereocenters. The maximum atomic E-state index is 12.8. The minimum atomic E-state index is -3.84. The first-order valence-corrected chi connectivity index (χ1v) is 9.94. The van der Waals surface area contributed by atoms with E-state index in [4.69, 9.17) is 14.2 Å². The van der Waals surface area contributed by atoms with E-state index < -0.39 is 10.0 Å². The van der Waals surface area contributed by atoms with Gasteiger partial charge in [0, 0.05) is 10.5 Å². The molecule has 0 aliphatic rings. The van der Waals surface area contributed by atoms with Crippen molar-refractivity contribution < 1.29 is 22.6 Å². The lowest BCUT2D eigenvalue weighted by Gasteiger charge is -2.15. The van der Waals surface area contributed by atoms with Crippen LogP contribution in [0.15, 0.2) is 45.8 Å². The summed E-state index contributed by atoms with van der Waals surface area (Å²) in [6, 6.07) is 9.68. The van der Waals surface area contributed by atoms with Gasteiger partial charge in [0.25, 0.3) is 10.0 Å². The van der Waals surface area contributed by atoms with Crippen LogP contribution in [0.3, 0.4) is 0 Å². The second kappa shape index (κ2) is 8.44. The molecule has 0 saturated carbocycles. The first kappa shape index (κ1) is 19.4. The van der Waals surface area contributed by atoms with Crippen LogP contribution in [0, 0.1) is 0 Å². The van der Waals surface area contributed by atoms with E-state index in [1.54, 1.807) is 37.3 Å². The van der Waals surface area contributed by atoms with Crippen LogP contribution in [-0.4, -0.2) is 28.7 Å². The highest BCUT2D eigenvalue weighted by Crippen LogP contribution is 2.33. The lowest BCUT2D eigenvalue weighted by Crippen LogP contribution is -2.14. The number of ether oxygens (including phenoxy) is 3. The molecule has 2 rings (SSSR count). The highest BCUT2D eigenvalue weighted by molar-refractivity contribution is 9.10. The number of halogens is 1. The SMILES string of the molecule is CCOc1ccc(NS(=O)(=O)c2cc(Br)ccc2OCC)cc1OC. The summed E-state index contributed by atoms with van der Waals surface area (Å²) in [7, 11) is -2.34. The third kappa shape index (κ3) is 4.79. The zero-order chi connectivity index (χ0) is 18.4. The number of methoxy groups -OCH3 is 1. The Morgan fingerprint density at radius 2 is 1.60 bits per heavy atom. The molecule has 2 aromatic rings. The van der Waals surface area contributed by atoms with Gasteiger partial charge in [-0.05, 0) is 44.2 Å². The molecule has 0 aromatic heterocycles. The minimum Gasteiger partial charge on any atom is -0.493 e. The van der Waals surface area contributed by atoms with Crippen molar-refractivity contribution in [3.8, 4) is 17.2 Å².